The van der Waals surface area contributed by atoms with Crippen molar-refractivity contribution < 1.29 is 19.1 Å². The molecule has 2 aromatic carbocycles. The smallest absolute Gasteiger partial charge is 0.336 e. The highest BCUT2D eigenvalue weighted by atomic mass is 16.5. The lowest BCUT2D eigenvalue weighted by Gasteiger charge is -2.05. The second-order valence-electron chi connectivity index (χ2n) is 5.77. The second kappa shape index (κ2) is 6.37. The van der Waals surface area contributed by atoms with Gasteiger partial charge in [-0.1, -0.05) is 18.2 Å². The van der Waals surface area contributed by atoms with Gasteiger partial charge in [-0.05, 0) is 48.5 Å². The van der Waals surface area contributed by atoms with Crippen molar-refractivity contribution in [1.82, 2.24) is 4.98 Å². The number of pyridine rings is 1. The van der Waals surface area contributed by atoms with Gasteiger partial charge in [0, 0.05) is 10.9 Å². The number of aromatic carboxylic acids is 1. The van der Waals surface area contributed by atoms with Gasteiger partial charge < -0.3 is 14.3 Å². The Labute approximate surface area is 149 Å². The van der Waals surface area contributed by atoms with E-state index >= 15 is 0 Å². The van der Waals surface area contributed by atoms with Crippen LogP contribution in [0.15, 0.2) is 71.1 Å². The minimum Gasteiger partial charge on any atom is -0.497 e. The Balaban J connectivity index is 1.78. The Morgan fingerprint density at radius 1 is 1.00 bits per heavy atom. The SMILES string of the molecule is COc1ccc(-c2ccc(-c3cc(C(=O)O)c4ccccc4n3)o2)cc1. The zero-order chi connectivity index (χ0) is 18.1. The number of para-hydroxylation sites is 1. The van der Waals surface area contributed by atoms with Gasteiger partial charge in [0.25, 0.3) is 0 Å². The lowest BCUT2D eigenvalue weighted by Crippen LogP contribution is -1.99. The van der Waals surface area contributed by atoms with Gasteiger partial charge in [0.05, 0.1) is 18.2 Å². The highest BCUT2D eigenvalue weighted by Gasteiger charge is 2.15. The zero-order valence-electron chi connectivity index (χ0n) is 14.0. The number of aromatic nitrogens is 1. The molecule has 0 saturated heterocycles. The molecular weight excluding hydrogens is 330 g/mol. The van der Waals surface area contributed by atoms with Crippen molar-refractivity contribution in [2.24, 2.45) is 0 Å². The molecule has 1 N–H and O–H groups in total. The summed E-state index contributed by atoms with van der Waals surface area (Å²) in [4.78, 5) is 16.2. The molecule has 0 spiro atoms. The fourth-order valence-corrected chi connectivity index (χ4v) is 2.86. The number of nitrogens with zero attached hydrogens (tertiary/aromatic N) is 1. The van der Waals surface area contributed by atoms with Crippen molar-refractivity contribution in [3.05, 3.63) is 72.3 Å². The summed E-state index contributed by atoms with van der Waals surface area (Å²) in [6.07, 6.45) is 0. The maximum absolute atomic E-state index is 11.6. The zero-order valence-corrected chi connectivity index (χ0v) is 14.0. The van der Waals surface area contributed by atoms with Crippen molar-refractivity contribution >= 4 is 16.9 Å². The quantitative estimate of drug-likeness (QED) is 0.571. The van der Waals surface area contributed by atoms with Crippen LogP contribution in [0.5, 0.6) is 5.75 Å². The highest BCUT2D eigenvalue weighted by molar-refractivity contribution is 6.03. The number of carboxylic acids is 1. The summed E-state index contributed by atoms with van der Waals surface area (Å²) in [6.45, 7) is 0. The van der Waals surface area contributed by atoms with E-state index in [1.165, 1.54) is 0 Å². The molecule has 0 aliphatic rings. The van der Waals surface area contributed by atoms with Crippen LogP contribution in [0.4, 0.5) is 0 Å². The minimum absolute atomic E-state index is 0.202. The van der Waals surface area contributed by atoms with E-state index in [1.54, 1.807) is 37.4 Å². The Kier molecular flexibility index (Phi) is 3.89. The highest BCUT2D eigenvalue weighted by Crippen LogP contribution is 2.30. The molecule has 4 aromatic rings. The van der Waals surface area contributed by atoms with E-state index in [0.29, 0.717) is 28.1 Å². The lowest BCUT2D eigenvalue weighted by molar-refractivity contribution is 0.0699. The molecule has 0 aliphatic carbocycles. The van der Waals surface area contributed by atoms with Crippen molar-refractivity contribution in [2.75, 3.05) is 7.11 Å². The third-order valence-electron chi connectivity index (χ3n) is 4.18. The summed E-state index contributed by atoms with van der Waals surface area (Å²) < 4.78 is 11.1. The van der Waals surface area contributed by atoms with Crippen molar-refractivity contribution in [3.63, 3.8) is 0 Å². The van der Waals surface area contributed by atoms with E-state index < -0.39 is 5.97 Å². The predicted molar refractivity (Wildman–Crippen MR) is 98.4 cm³/mol. The maximum Gasteiger partial charge on any atom is 0.336 e. The van der Waals surface area contributed by atoms with Gasteiger partial charge in [-0.3, -0.25) is 0 Å². The molecule has 5 heteroatoms. The number of hydrogen-bond acceptors (Lipinski definition) is 4. The van der Waals surface area contributed by atoms with Crippen LogP contribution in [0.3, 0.4) is 0 Å². The third kappa shape index (κ3) is 2.80. The number of ether oxygens (including phenoxy) is 1. The van der Waals surface area contributed by atoms with Crippen LogP contribution in [0.25, 0.3) is 33.7 Å². The molecule has 0 fully saturated rings. The van der Waals surface area contributed by atoms with E-state index in [0.717, 1.165) is 11.3 Å². The average molecular weight is 345 g/mol. The molecule has 128 valence electrons. The number of carboxylic acid groups (broad SMARTS) is 1. The summed E-state index contributed by atoms with van der Waals surface area (Å²) in [5, 5.41) is 10.1. The molecule has 0 amide bonds. The largest absolute Gasteiger partial charge is 0.497 e. The Morgan fingerprint density at radius 3 is 2.46 bits per heavy atom. The molecule has 2 heterocycles. The van der Waals surface area contributed by atoms with Gasteiger partial charge >= 0.3 is 5.97 Å². The molecule has 0 atom stereocenters. The van der Waals surface area contributed by atoms with Crippen molar-refractivity contribution in [1.29, 1.82) is 0 Å². The van der Waals surface area contributed by atoms with Crippen LogP contribution in [0.1, 0.15) is 10.4 Å². The molecule has 26 heavy (non-hydrogen) atoms. The number of furan rings is 1. The molecular formula is C21H15NO4. The second-order valence-corrected chi connectivity index (χ2v) is 5.77. The lowest BCUT2D eigenvalue weighted by atomic mass is 10.1. The summed E-state index contributed by atoms with van der Waals surface area (Å²) in [5.74, 6) is 0.966. The van der Waals surface area contributed by atoms with Gasteiger partial charge in [-0.15, -0.1) is 0 Å². The first-order valence-corrected chi connectivity index (χ1v) is 8.03. The fraction of sp³-hybridized carbons (Fsp3) is 0.0476. The average Bonchev–Trinajstić information content (AvgIpc) is 3.17. The first-order valence-electron chi connectivity index (χ1n) is 8.03. The molecule has 4 rings (SSSR count). The Hall–Kier alpha value is -3.60. The minimum atomic E-state index is -0.994. The molecule has 2 aromatic heterocycles. The Bertz CT molecular complexity index is 1100. The summed E-state index contributed by atoms with van der Waals surface area (Å²) in [5.41, 5.74) is 2.20. The van der Waals surface area contributed by atoms with Crippen LogP contribution in [-0.2, 0) is 0 Å². The first kappa shape index (κ1) is 15.9. The van der Waals surface area contributed by atoms with Crippen molar-refractivity contribution in [2.45, 2.75) is 0 Å². The Morgan fingerprint density at radius 2 is 1.73 bits per heavy atom. The van der Waals surface area contributed by atoms with E-state index in [-0.39, 0.29) is 5.56 Å². The number of methoxy groups -OCH3 is 1. The third-order valence-corrected chi connectivity index (χ3v) is 4.18. The topological polar surface area (TPSA) is 72.6 Å². The van der Waals surface area contributed by atoms with Crippen LogP contribution in [0.2, 0.25) is 0 Å². The molecule has 0 saturated carbocycles. The van der Waals surface area contributed by atoms with Gasteiger partial charge in [0.15, 0.2) is 5.76 Å². The van der Waals surface area contributed by atoms with Crippen molar-refractivity contribution in [3.8, 4) is 28.5 Å². The number of hydrogen-bond donors (Lipinski definition) is 1. The molecule has 0 bridgehead atoms. The summed E-state index contributed by atoms with van der Waals surface area (Å²) in [7, 11) is 1.62. The van der Waals surface area contributed by atoms with Crippen LogP contribution in [0, 0.1) is 0 Å². The predicted octanol–water partition coefficient (Wildman–Crippen LogP) is 4.87. The van der Waals surface area contributed by atoms with Crippen LogP contribution in [-0.4, -0.2) is 23.2 Å². The molecule has 0 radical (unpaired) electrons. The normalized spacial score (nSPS) is 10.8. The van der Waals surface area contributed by atoms with E-state index in [1.807, 2.05) is 36.4 Å². The van der Waals surface area contributed by atoms with Crippen LogP contribution < -0.4 is 4.74 Å². The van der Waals surface area contributed by atoms with E-state index in [9.17, 15) is 9.90 Å². The maximum atomic E-state index is 11.6. The van der Waals surface area contributed by atoms with Gasteiger partial charge in [0.1, 0.15) is 17.2 Å². The first-order chi connectivity index (χ1) is 12.7. The molecule has 0 unspecified atom stereocenters. The monoisotopic (exact) mass is 345 g/mol. The van der Waals surface area contributed by atoms with E-state index in [4.69, 9.17) is 9.15 Å². The number of carbonyl (C=O) groups is 1. The molecule has 0 aliphatic heterocycles. The van der Waals surface area contributed by atoms with Crippen LogP contribution >= 0.6 is 0 Å². The van der Waals surface area contributed by atoms with Gasteiger partial charge in [0.2, 0.25) is 0 Å². The van der Waals surface area contributed by atoms with Gasteiger partial charge in [-0.25, -0.2) is 9.78 Å². The molecule has 5 nitrogen and oxygen atoms in total. The van der Waals surface area contributed by atoms with E-state index in [2.05, 4.69) is 4.98 Å². The fourth-order valence-electron chi connectivity index (χ4n) is 2.86. The standard InChI is InChI=1S/C21H15NO4/c1-25-14-8-6-13(7-9-14)19-10-11-20(26-19)18-12-16(21(23)24)15-4-2-3-5-17(15)22-18/h2-12H,1H3,(H,23,24). The number of rotatable bonds is 4. The summed E-state index contributed by atoms with van der Waals surface area (Å²) >= 11 is 0. The number of fused-ring (bicyclic) bond motifs is 1. The van der Waals surface area contributed by atoms with Gasteiger partial charge in [-0.2, -0.15) is 0 Å². The summed E-state index contributed by atoms with van der Waals surface area (Å²) in [6, 6.07) is 19.9. The number of benzene rings is 2.